The quantitative estimate of drug-likeness (QED) is 0.203. The predicted molar refractivity (Wildman–Crippen MR) is 113 cm³/mol. The Balaban J connectivity index is 2.05. The van der Waals surface area contributed by atoms with Gasteiger partial charge in [-0.25, -0.2) is 5.48 Å². The van der Waals surface area contributed by atoms with E-state index >= 15 is 0 Å². The third-order valence-electron chi connectivity index (χ3n) is 4.26. The van der Waals surface area contributed by atoms with Gasteiger partial charge >= 0.3 is 0 Å². The highest BCUT2D eigenvalue weighted by Gasteiger charge is 2.25. The van der Waals surface area contributed by atoms with Gasteiger partial charge in [-0.1, -0.05) is 24.0 Å². The van der Waals surface area contributed by atoms with Gasteiger partial charge in [-0.3, -0.25) is 19.6 Å². The van der Waals surface area contributed by atoms with Crippen LogP contribution in [0, 0.1) is 11.8 Å². The fraction of sp³-hybridized carbons (Fsp3) is 0.227. The van der Waals surface area contributed by atoms with E-state index in [-0.39, 0.29) is 18.0 Å². The van der Waals surface area contributed by atoms with Crippen molar-refractivity contribution in [2.45, 2.75) is 25.6 Å². The van der Waals surface area contributed by atoms with E-state index in [2.05, 4.69) is 22.5 Å². The van der Waals surface area contributed by atoms with Gasteiger partial charge < -0.3 is 21.5 Å². The Hall–Kier alpha value is -3.71. The molecule has 7 N–H and O–H groups in total. The lowest BCUT2D eigenvalue weighted by Crippen LogP contribution is -2.51. The summed E-state index contributed by atoms with van der Waals surface area (Å²) < 4.78 is 0. The molecule has 0 unspecified atom stereocenters. The lowest BCUT2D eigenvalue weighted by atomic mass is 10.1. The molecule has 0 aromatic heterocycles. The van der Waals surface area contributed by atoms with E-state index in [1.807, 2.05) is 24.3 Å². The van der Waals surface area contributed by atoms with Gasteiger partial charge in [0, 0.05) is 23.2 Å². The van der Waals surface area contributed by atoms with E-state index in [4.69, 9.17) is 10.9 Å². The van der Waals surface area contributed by atoms with E-state index in [0.717, 1.165) is 11.1 Å². The summed E-state index contributed by atoms with van der Waals surface area (Å²) >= 11 is 0. The Kier molecular flexibility index (Phi) is 8.72. The highest BCUT2D eigenvalue weighted by molar-refractivity contribution is 5.97. The topological polar surface area (TPSA) is 154 Å². The van der Waals surface area contributed by atoms with Crippen LogP contribution >= 0.6 is 0 Å². The molecule has 0 heterocycles. The largest absolute Gasteiger partial charge is 0.391 e. The first-order valence-electron chi connectivity index (χ1n) is 9.44. The first-order chi connectivity index (χ1) is 14.8. The van der Waals surface area contributed by atoms with Crippen LogP contribution in [0.1, 0.15) is 34.0 Å². The zero-order valence-electron chi connectivity index (χ0n) is 16.9. The number of amides is 3. The Bertz CT molecular complexity index is 993. The molecule has 0 aliphatic carbocycles. The molecule has 0 radical (unpaired) electrons. The average molecular weight is 424 g/mol. The molecule has 2 atom stereocenters. The third kappa shape index (κ3) is 7.24. The van der Waals surface area contributed by atoms with Crippen molar-refractivity contribution in [3.05, 3.63) is 70.8 Å². The summed E-state index contributed by atoms with van der Waals surface area (Å²) in [5.41, 5.74) is 9.25. The van der Waals surface area contributed by atoms with Crippen LogP contribution in [0.4, 0.5) is 0 Å². The fourth-order valence-corrected chi connectivity index (χ4v) is 2.58. The second kappa shape index (κ2) is 11.5. The van der Waals surface area contributed by atoms with Crippen LogP contribution in [-0.4, -0.2) is 46.7 Å². The second-order valence-corrected chi connectivity index (χ2v) is 6.68. The third-order valence-corrected chi connectivity index (χ3v) is 4.26. The van der Waals surface area contributed by atoms with Crippen LogP contribution < -0.4 is 21.8 Å². The van der Waals surface area contributed by atoms with Gasteiger partial charge in [0.2, 0.25) is 5.91 Å². The Morgan fingerprint density at radius 3 is 2.35 bits per heavy atom. The maximum Gasteiger partial charge on any atom is 0.268 e. The summed E-state index contributed by atoms with van der Waals surface area (Å²) in [6, 6.07) is 12.5. The van der Waals surface area contributed by atoms with Gasteiger partial charge in [0.25, 0.3) is 11.8 Å². The summed E-state index contributed by atoms with van der Waals surface area (Å²) in [6.07, 6.45) is -1.19. The predicted octanol–water partition coefficient (Wildman–Crippen LogP) is -0.354. The molecule has 0 aliphatic heterocycles. The monoisotopic (exact) mass is 424 g/mol. The molecule has 31 heavy (non-hydrogen) atoms. The first-order valence-corrected chi connectivity index (χ1v) is 9.44. The minimum atomic E-state index is -1.29. The van der Waals surface area contributed by atoms with Crippen molar-refractivity contribution in [1.82, 2.24) is 16.1 Å². The summed E-state index contributed by atoms with van der Waals surface area (Å²) in [5, 5.41) is 23.4. The summed E-state index contributed by atoms with van der Waals surface area (Å²) in [4.78, 5) is 35.1. The van der Waals surface area contributed by atoms with Gasteiger partial charge in [-0.15, -0.1) is 0 Å². The molecule has 0 spiro atoms. The van der Waals surface area contributed by atoms with Crippen LogP contribution in [0.5, 0.6) is 0 Å². The number of aliphatic hydroxyl groups is 1. The number of hydroxylamine groups is 1. The van der Waals surface area contributed by atoms with Crippen LogP contribution in [0.3, 0.4) is 0 Å². The number of hydrogen-bond donors (Lipinski definition) is 6. The number of benzene rings is 2. The molecule has 0 aliphatic rings. The molecule has 2 rings (SSSR count). The lowest BCUT2D eigenvalue weighted by Gasteiger charge is -2.19. The molecule has 0 bridgehead atoms. The van der Waals surface area contributed by atoms with Gasteiger partial charge in [-0.05, 0) is 48.9 Å². The van der Waals surface area contributed by atoms with Crippen LogP contribution in [0.15, 0.2) is 48.5 Å². The molecule has 3 amide bonds. The minimum absolute atomic E-state index is 0.0676. The molecular weight excluding hydrogens is 400 g/mol. The number of aliphatic hydroxyl groups excluding tert-OH is 1. The van der Waals surface area contributed by atoms with Crippen molar-refractivity contribution in [3.63, 3.8) is 0 Å². The SMILES string of the molecule is C[C@@H](O)[C@H](NC(=O)c1ccc(C#Cc2cccc(CNC(=O)CN)c2)cc1)C(=O)NO. The Morgan fingerprint density at radius 2 is 1.74 bits per heavy atom. The zero-order valence-corrected chi connectivity index (χ0v) is 16.9. The van der Waals surface area contributed by atoms with Gasteiger partial charge in [0.1, 0.15) is 6.04 Å². The number of rotatable bonds is 7. The van der Waals surface area contributed by atoms with Crippen molar-refractivity contribution in [2.75, 3.05) is 6.54 Å². The van der Waals surface area contributed by atoms with E-state index in [1.165, 1.54) is 24.5 Å². The summed E-state index contributed by atoms with van der Waals surface area (Å²) in [5.74, 6) is 4.27. The Labute approximate surface area is 179 Å². The highest BCUT2D eigenvalue weighted by atomic mass is 16.5. The molecule has 162 valence electrons. The molecule has 9 nitrogen and oxygen atoms in total. The number of nitrogens with two attached hydrogens (primary N) is 1. The highest BCUT2D eigenvalue weighted by Crippen LogP contribution is 2.07. The molecule has 0 saturated heterocycles. The summed E-state index contributed by atoms with van der Waals surface area (Å²) in [6.45, 7) is 1.61. The maximum atomic E-state index is 12.3. The number of nitrogens with one attached hydrogen (secondary N) is 3. The van der Waals surface area contributed by atoms with E-state index in [9.17, 15) is 19.5 Å². The lowest BCUT2D eigenvalue weighted by molar-refractivity contribution is -0.133. The molecule has 2 aromatic carbocycles. The molecule has 9 heteroatoms. The van der Waals surface area contributed by atoms with E-state index in [0.29, 0.717) is 12.1 Å². The van der Waals surface area contributed by atoms with E-state index in [1.54, 1.807) is 12.1 Å². The Morgan fingerprint density at radius 1 is 1.06 bits per heavy atom. The minimum Gasteiger partial charge on any atom is -0.391 e. The fourth-order valence-electron chi connectivity index (χ4n) is 2.58. The molecule has 0 saturated carbocycles. The number of hydrogen-bond acceptors (Lipinski definition) is 6. The standard InChI is InChI=1S/C22H24N4O5/c1-14(27)20(22(30)26-31)25-21(29)18-9-7-15(8-10-18)5-6-16-3-2-4-17(11-16)13-24-19(28)12-23/h2-4,7-11,14,20,27,31H,12-13,23H2,1H3,(H,24,28)(H,25,29)(H,26,30)/t14-,20+/m1/s1. The van der Waals surface area contributed by atoms with Crippen molar-refractivity contribution < 1.29 is 24.7 Å². The smallest absolute Gasteiger partial charge is 0.268 e. The molecule has 0 fully saturated rings. The normalized spacial score (nSPS) is 12.0. The van der Waals surface area contributed by atoms with Crippen LogP contribution in [-0.2, 0) is 16.1 Å². The van der Waals surface area contributed by atoms with Crippen molar-refractivity contribution in [3.8, 4) is 11.8 Å². The maximum absolute atomic E-state index is 12.3. The van der Waals surface area contributed by atoms with Gasteiger partial charge in [0.15, 0.2) is 0 Å². The van der Waals surface area contributed by atoms with Crippen LogP contribution in [0.25, 0.3) is 0 Å². The zero-order chi connectivity index (χ0) is 22.8. The van der Waals surface area contributed by atoms with Crippen molar-refractivity contribution >= 4 is 17.7 Å². The molecule has 2 aromatic rings. The van der Waals surface area contributed by atoms with E-state index < -0.39 is 24.0 Å². The van der Waals surface area contributed by atoms with Gasteiger partial charge in [0.05, 0.1) is 12.6 Å². The average Bonchev–Trinajstić information content (AvgIpc) is 2.79. The number of carbonyl (C=O) groups is 3. The second-order valence-electron chi connectivity index (χ2n) is 6.68. The van der Waals surface area contributed by atoms with Crippen molar-refractivity contribution in [2.24, 2.45) is 5.73 Å². The molecular formula is C22H24N4O5. The van der Waals surface area contributed by atoms with Crippen LogP contribution in [0.2, 0.25) is 0 Å². The van der Waals surface area contributed by atoms with Crippen molar-refractivity contribution in [1.29, 1.82) is 0 Å². The van der Waals surface area contributed by atoms with Gasteiger partial charge in [-0.2, -0.15) is 0 Å². The first kappa shape index (κ1) is 23.6. The number of carbonyl (C=O) groups excluding carboxylic acids is 3. The summed E-state index contributed by atoms with van der Waals surface area (Å²) in [7, 11) is 0.